The maximum atomic E-state index is 12.9. The van der Waals surface area contributed by atoms with E-state index < -0.39 is 0 Å². The zero-order valence-corrected chi connectivity index (χ0v) is 10.5. The van der Waals surface area contributed by atoms with E-state index in [0.717, 1.165) is 42.4 Å². The molecule has 0 saturated carbocycles. The fourth-order valence-corrected chi connectivity index (χ4v) is 1.89. The summed E-state index contributed by atoms with van der Waals surface area (Å²) in [6, 6.07) is 8.70. The predicted molar refractivity (Wildman–Crippen MR) is 68.7 cm³/mol. The molecular weight excluding hydrogens is 213 g/mol. The van der Waals surface area contributed by atoms with Gasteiger partial charge in [-0.05, 0) is 36.1 Å². The Morgan fingerprint density at radius 3 is 2.18 bits per heavy atom. The van der Waals surface area contributed by atoms with Crippen LogP contribution in [0, 0.1) is 17.1 Å². The Hall–Kier alpha value is -1.62. The zero-order chi connectivity index (χ0) is 12.7. The monoisotopic (exact) mass is 231 g/mol. The molecule has 90 valence electrons. The van der Waals surface area contributed by atoms with Crippen molar-refractivity contribution in [2.24, 2.45) is 0 Å². The molecule has 0 fully saturated rings. The third-order valence-electron chi connectivity index (χ3n) is 2.69. The Morgan fingerprint density at radius 2 is 1.71 bits per heavy atom. The molecule has 0 N–H and O–H groups in total. The van der Waals surface area contributed by atoms with E-state index in [4.69, 9.17) is 0 Å². The first-order valence-electron chi connectivity index (χ1n) is 6.11. The fraction of sp³-hybridized carbons (Fsp3) is 0.400. The predicted octanol–water partition coefficient (Wildman–Crippen LogP) is 4.70. The molecule has 1 aromatic rings. The van der Waals surface area contributed by atoms with E-state index in [2.05, 4.69) is 19.9 Å². The molecule has 0 heterocycles. The summed E-state index contributed by atoms with van der Waals surface area (Å²) < 4.78 is 12.9. The van der Waals surface area contributed by atoms with Gasteiger partial charge in [0.05, 0.1) is 6.07 Å². The minimum atomic E-state index is -0.237. The topological polar surface area (TPSA) is 23.8 Å². The second-order valence-electron chi connectivity index (χ2n) is 4.08. The van der Waals surface area contributed by atoms with Crippen molar-refractivity contribution in [3.8, 4) is 6.07 Å². The molecule has 1 aromatic carbocycles. The third-order valence-corrected chi connectivity index (χ3v) is 2.69. The molecule has 0 radical (unpaired) electrons. The summed E-state index contributed by atoms with van der Waals surface area (Å²) in [5, 5.41) is 9.19. The minimum Gasteiger partial charge on any atom is -0.207 e. The van der Waals surface area contributed by atoms with Crippen LogP contribution in [0.15, 0.2) is 29.8 Å². The van der Waals surface area contributed by atoms with Crippen LogP contribution < -0.4 is 0 Å². The number of rotatable bonds is 5. The van der Waals surface area contributed by atoms with Crippen LogP contribution in [-0.4, -0.2) is 0 Å². The summed E-state index contributed by atoms with van der Waals surface area (Å²) in [7, 11) is 0. The molecule has 0 aliphatic carbocycles. The van der Waals surface area contributed by atoms with Crippen molar-refractivity contribution in [2.75, 3.05) is 0 Å². The molecule has 17 heavy (non-hydrogen) atoms. The summed E-state index contributed by atoms with van der Waals surface area (Å²) >= 11 is 0. The number of halogens is 1. The second kappa shape index (κ2) is 6.85. The van der Waals surface area contributed by atoms with E-state index in [-0.39, 0.29) is 5.82 Å². The molecule has 0 unspecified atom stereocenters. The number of benzene rings is 1. The SMILES string of the molecule is CCC/C(C#N)=C(\CCC)c1ccc(F)cc1. The van der Waals surface area contributed by atoms with E-state index >= 15 is 0 Å². The fourth-order valence-electron chi connectivity index (χ4n) is 1.89. The van der Waals surface area contributed by atoms with Crippen LogP contribution in [0.2, 0.25) is 0 Å². The highest BCUT2D eigenvalue weighted by Gasteiger charge is 2.08. The number of allylic oxidation sites excluding steroid dienone is 2. The summed E-state index contributed by atoms with van der Waals surface area (Å²) in [6.45, 7) is 4.15. The van der Waals surface area contributed by atoms with Crippen LogP contribution in [0.5, 0.6) is 0 Å². The summed E-state index contributed by atoms with van der Waals surface area (Å²) in [5.74, 6) is -0.237. The first-order chi connectivity index (χ1) is 8.22. The number of hydrogen-bond donors (Lipinski definition) is 0. The van der Waals surface area contributed by atoms with Gasteiger partial charge in [-0.2, -0.15) is 5.26 Å². The molecule has 0 amide bonds. The van der Waals surface area contributed by atoms with Gasteiger partial charge in [-0.3, -0.25) is 0 Å². The molecule has 1 rings (SSSR count). The van der Waals surface area contributed by atoms with Gasteiger partial charge in [0.15, 0.2) is 0 Å². The van der Waals surface area contributed by atoms with Gasteiger partial charge < -0.3 is 0 Å². The highest BCUT2D eigenvalue weighted by Crippen LogP contribution is 2.26. The molecule has 0 atom stereocenters. The van der Waals surface area contributed by atoms with Gasteiger partial charge in [-0.15, -0.1) is 0 Å². The van der Waals surface area contributed by atoms with E-state index in [1.54, 1.807) is 12.1 Å². The molecule has 2 heteroatoms. The quantitative estimate of drug-likeness (QED) is 0.673. The van der Waals surface area contributed by atoms with Gasteiger partial charge in [0.1, 0.15) is 5.82 Å². The lowest BCUT2D eigenvalue weighted by atomic mass is 9.94. The van der Waals surface area contributed by atoms with Crippen molar-refractivity contribution in [3.63, 3.8) is 0 Å². The van der Waals surface area contributed by atoms with Crippen molar-refractivity contribution in [1.82, 2.24) is 0 Å². The van der Waals surface area contributed by atoms with Crippen LogP contribution in [0.1, 0.15) is 45.1 Å². The maximum absolute atomic E-state index is 12.9. The average Bonchev–Trinajstić information content (AvgIpc) is 2.35. The van der Waals surface area contributed by atoms with Crippen molar-refractivity contribution < 1.29 is 4.39 Å². The molecule has 1 nitrogen and oxygen atoms in total. The molecule has 0 aliphatic rings. The summed E-state index contributed by atoms with van der Waals surface area (Å²) in [6.07, 6.45) is 3.61. The van der Waals surface area contributed by atoms with Crippen molar-refractivity contribution in [3.05, 3.63) is 41.2 Å². The van der Waals surface area contributed by atoms with Crippen LogP contribution >= 0.6 is 0 Å². The standard InChI is InChI=1S/C15H18FN/c1-3-5-13(11-17)15(6-4-2)12-7-9-14(16)10-8-12/h7-10H,3-6H2,1-2H3/b15-13-. The Morgan fingerprint density at radius 1 is 1.12 bits per heavy atom. The second-order valence-corrected chi connectivity index (χ2v) is 4.08. The lowest BCUT2D eigenvalue weighted by Crippen LogP contribution is -1.92. The molecule has 0 saturated heterocycles. The first-order valence-corrected chi connectivity index (χ1v) is 6.11. The van der Waals surface area contributed by atoms with Gasteiger partial charge >= 0.3 is 0 Å². The minimum absolute atomic E-state index is 0.237. The van der Waals surface area contributed by atoms with E-state index in [1.165, 1.54) is 12.1 Å². The lowest BCUT2D eigenvalue weighted by molar-refractivity contribution is 0.627. The normalized spacial score (nSPS) is 11.9. The smallest absolute Gasteiger partial charge is 0.123 e. The summed E-state index contributed by atoms with van der Waals surface area (Å²) in [4.78, 5) is 0. The molecule has 0 aliphatic heterocycles. The van der Waals surface area contributed by atoms with Crippen LogP contribution in [-0.2, 0) is 0 Å². The van der Waals surface area contributed by atoms with Crippen molar-refractivity contribution in [1.29, 1.82) is 5.26 Å². The Balaban J connectivity index is 3.16. The third kappa shape index (κ3) is 3.71. The number of nitrogens with zero attached hydrogens (tertiary/aromatic N) is 1. The Kier molecular flexibility index (Phi) is 5.42. The Bertz CT molecular complexity index is 423. The zero-order valence-electron chi connectivity index (χ0n) is 10.5. The number of nitriles is 1. The maximum Gasteiger partial charge on any atom is 0.123 e. The van der Waals surface area contributed by atoms with E-state index in [1.807, 2.05) is 0 Å². The van der Waals surface area contributed by atoms with Gasteiger partial charge in [0.25, 0.3) is 0 Å². The largest absolute Gasteiger partial charge is 0.207 e. The van der Waals surface area contributed by atoms with Gasteiger partial charge in [0.2, 0.25) is 0 Å². The summed E-state index contributed by atoms with van der Waals surface area (Å²) in [5.41, 5.74) is 2.87. The molecule has 0 aromatic heterocycles. The van der Waals surface area contributed by atoms with Gasteiger partial charge in [0, 0.05) is 5.57 Å². The molecular formula is C15H18FN. The Labute approximate surface area is 103 Å². The first kappa shape index (κ1) is 13.4. The lowest BCUT2D eigenvalue weighted by Gasteiger charge is -2.09. The van der Waals surface area contributed by atoms with Crippen LogP contribution in [0.3, 0.4) is 0 Å². The van der Waals surface area contributed by atoms with Crippen LogP contribution in [0.25, 0.3) is 5.57 Å². The van der Waals surface area contributed by atoms with E-state index in [9.17, 15) is 9.65 Å². The van der Waals surface area contributed by atoms with Crippen molar-refractivity contribution in [2.45, 2.75) is 39.5 Å². The van der Waals surface area contributed by atoms with E-state index in [0.29, 0.717) is 0 Å². The van der Waals surface area contributed by atoms with Crippen molar-refractivity contribution >= 4 is 5.57 Å². The highest BCUT2D eigenvalue weighted by molar-refractivity contribution is 5.71. The molecule has 0 bridgehead atoms. The highest BCUT2D eigenvalue weighted by atomic mass is 19.1. The average molecular weight is 231 g/mol. The molecule has 0 spiro atoms. The van der Waals surface area contributed by atoms with Crippen LogP contribution in [0.4, 0.5) is 4.39 Å². The van der Waals surface area contributed by atoms with Gasteiger partial charge in [-0.25, -0.2) is 4.39 Å². The number of hydrogen-bond acceptors (Lipinski definition) is 1. The van der Waals surface area contributed by atoms with Gasteiger partial charge in [-0.1, -0.05) is 38.8 Å².